The van der Waals surface area contributed by atoms with Crippen LogP contribution < -0.4 is 0 Å². The van der Waals surface area contributed by atoms with E-state index in [1.807, 2.05) is 0 Å². The SMILES string of the molecule is O=C(O)c1cccnc1C(=O)O.[K]. The Morgan fingerprint density at radius 1 is 1.23 bits per heavy atom. The monoisotopic (exact) mass is 206 g/mol. The second-order valence-corrected chi connectivity index (χ2v) is 2.01. The van der Waals surface area contributed by atoms with Gasteiger partial charge in [0, 0.05) is 57.6 Å². The van der Waals surface area contributed by atoms with Crippen LogP contribution in [0.1, 0.15) is 20.8 Å². The van der Waals surface area contributed by atoms with E-state index in [0.29, 0.717) is 0 Å². The van der Waals surface area contributed by atoms with Crippen molar-refractivity contribution in [3.8, 4) is 0 Å². The van der Waals surface area contributed by atoms with E-state index in [1.165, 1.54) is 18.3 Å². The number of carboxylic acids is 2. The second kappa shape index (κ2) is 5.46. The van der Waals surface area contributed by atoms with Crippen LogP contribution in [-0.4, -0.2) is 78.5 Å². The van der Waals surface area contributed by atoms with E-state index in [9.17, 15) is 9.59 Å². The zero-order valence-corrected chi connectivity index (χ0v) is 10.0. The van der Waals surface area contributed by atoms with Crippen molar-refractivity contribution in [2.24, 2.45) is 0 Å². The van der Waals surface area contributed by atoms with Gasteiger partial charge in [0.2, 0.25) is 0 Å². The van der Waals surface area contributed by atoms with Gasteiger partial charge in [-0.25, -0.2) is 14.6 Å². The summed E-state index contributed by atoms with van der Waals surface area (Å²) >= 11 is 0. The van der Waals surface area contributed by atoms with Crippen molar-refractivity contribution in [2.75, 3.05) is 0 Å². The quantitative estimate of drug-likeness (QED) is 0.670. The van der Waals surface area contributed by atoms with E-state index in [2.05, 4.69) is 4.98 Å². The molecule has 1 aromatic heterocycles. The molecule has 0 spiro atoms. The fraction of sp³-hybridized carbons (Fsp3) is 0. The average molecular weight is 206 g/mol. The predicted octanol–water partition coefficient (Wildman–Crippen LogP) is 0.0972. The van der Waals surface area contributed by atoms with Gasteiger partial charge in [-0.2, -0.15) is 0 Å². The molecule has 0 aliphatic carbocycles. The van der Waals surface area contributed by atoms with Gasteiger partial charge in [-0.15, -0.1) is 0 Å². The van der Waals surface area contributed by atoms with Crippen molar-refractivity contribution in [3.05, 3.63) is 29.6 Å². The van der Waals surface area contributed by atoms with Gasteiger partial charge in [-0.05, 0) is 12.1 Å². The van der Waals surface area contributed by atoms with Crippen LogP contribution in [0.15, 0.2) is 18.3 Å². The van der Waals surface area contributed by atoms with Crippen LogP contribution in [0.5, 0.6) is 0 Å². The molecule has 6 heteroatoms. The summed E-state index contributed by atoms with van der Waals surface area (Å²) in [5.74, 6) is -2.63. The Bertz CT molecular complexity index is 306. The van der Waals surface area contributed by atoms with Crippen LogP contribution in [0.3, 0.4) is 0 Å². The second-order valence-electron chi connectivity index (χ2n) is 2.01. The molecule has 1 aromatic rings. The minimum absolute atomic E-state index is 0. The largest absolute Gasteiger partial charge is 0.478 e. The molecule has 1 heterocycles. The van der Waals surface area contributed by atoms with Crippen molar-refractivity contribution in [1.29, 1.82) is 0 Å². The van der Waals surface area contributed by atoms with E-state index in [1.54, 1.807) is 0 Å². The van der Waals surface area contributed by atoms with Gasteiger partial charge < -0.3 is 10.2 Å². The molecule has 0 bridgehead atoms. The van der Waals surface area contributed by atoms with Crippen molar-refractivity contribution in [3.63, 3.8) is 0 Å². The molecule has 1 rings (SSSR count). The molecule has 2 N–H and O–H groups in total. The Kier molecular flexibility index (Phi) is 5.34. The summed E-state index contributed by atoms with van der Waals surface area (Å²) in [7, 11) is 0. The number of hydrogen-bond donors (Lipinski definition) is 2. The van der Waals surface area contributed by atoms with Crippen LogP contribution in [-0.2, 0) is 0 Å². The smallest absolute Gasteiger partial charge is 0.355 e. The predicted molar refractivity (Wildman–Crippen MR) is 43.9 cm³/mol. The zero-order chi connectivity index (χ0) is 9.14. The summed E-state index contributed by atoms with van der Waals surface area (Å²) in [6.45, 7) is 0. The van der Waals surface area contributed by atoms with Crippen LogP contribution >= 0.6 is 0 Å². The Morgan fingerprint density at radius 2 is 1.85 bits per heavy atom. The van der Waals surface area contributed by atoms with Gasteiger partial charge in [0.25, 0.3) is 0 Å². The number of carbonyl (C=O) groups is 2. The summed E-state index contributed by atoms with van der Waals surface area (Å²) < 4.78 is 0. The Hall–Kier alpha value is -0.274. The number of aromatic carboxylic acids is 2. The first kappa shape index (κ1) is 12.7. The number of aromatic nitrogens is 1. The Labute approximate surface area is 116 Å². The Balaban J connectivity index is 0.00000144. The molecule has 63 valence electrons. The van der Waals surface area contributed by atoms with Crippen LogP contribution in [0, 0.1) is 0 Å². The molecule has 13 heavy (non-hydrogen) atoms. The third-order valence-electron chi connectivity index (χ3n) is 1.24. The first-order valence-corrected chi connectivity index (χ1v) is 3.04. The molecule has 0 aromatic carbocycles. The van der Waals surface area contributed by atoms with E-state index in [4.69, 9.17) is 10.2 Å². The van der Waals surface area contributed by atoms with E-state index in [-0.39, 0.29) is 56.9 Å². The van der Waals surface area contributed by atoms with Gasteiger partial charge in [0.05, 0.1) is 5.56 Å². The van der Waals surface area contributed by atoms with Gasteiger partial charge in [0.15, 0.2) is 5.69 Å². The van der Waals surface area contributed by atoms with Gasteiger partial charge in [0.1, 0.15) is 0 Å². The molecule has 5 nitrogen and oxygen atoms in total. The number of pyridine rings is 1. The van der Waals surface area contributed by atoms with E-state index < -0.39 is 17.6 Å². The summed E-state index contributed by atoms with van der Waals surface area (Å²) in [5, 5.41) is 17.0. The van der Waals surface area contributed by atoms with E-state index >= 15 is 0 Å². The van der Waals surface area contributed by atoms with Crippen LogP contribution in [0.25, 0.3) is 0 Å². The molecule has 0 atom stereocenters. The third kappa shape index (κ3) is 3.16. The van der Waals surface area contributed by atoms with E-state index in [0.717, 1.165) is 0 Å². The van der Waals surface area contributed by atoms with Crippen LogP contribution in [0.2, 0.25) is 0 Å². The number of hydrogen-bond acceptors (Lipinski definition) is 3. The summed E-state index contributed by atoms with van der Waals surface area (Å²) in [4.78, 5) is 24.2. The normalized spacial score (nSPS) is 8.62. The topological polar surface area (TPSA) is 87.5 Å². The fourth-order valence-corrected chi connectivity index (χ4v) is 0.748. The van der Waals surface area contributed by atoms with Crippen molar-refractivity contribution < 1.29 is 19.8 Å². The van der Waals surface area contributed by atoms with Gasteiger partial charge in [-0.1, -0.05) is 0 Å². The maximum Gasteiger partial charge on any atom is 0.355 e. The van der Waals surface area contributed by atoms with Crippen molar-refractivity contribution in [2.45, 2.75) is 0 Å². The molecule has 0 unspecified atom stereocenters. The molecular formula is C7H5KNO4. The zero-order valence-electron chi connectivity index (χ0n) is 6.89. The molecule has 1 radical (unpaired) electrons. The standard InChI is InChI=1S/C7H5NO4.K/c9-6(10)4-2-1-3-8-5(4)7(11)12;/h1-3H,(H,9,10)(H,11,12);. The summed E-state index contributed by atoms with van der Waals surface area (Å²) in [6, 6.07) is 2.56. The molecule has 0 saturated heterocycles. The minimum atomic E-state index is -1.34. The summed E-state index contributed by atoms with van der Waals surface area (Å²) in [5.41, 5.74) is -0.741. The Morgan fingerprint density at radius 3 is 2.23 bits per heavy atom. The first-order chi connectivity index (χ1) is 5.63. The van der Waals surface area contributed by atoms with Crippen molar-refractivity contribution >= 4 is 63.3 Å². The maximum absolute atomic E-state index is 10.4. The maximum atomic E-state index is 10.4. The molecule has 0 amide bonds. The number of rotatable bonds is 2. The van der Waals surface area contributed by atoms with Crippen molar-refractivity contribution in [1.82, 2.24) is 4.98 Å². The first-order valence-electron chi connectivity index (χ1n) is 3.04. The van der Waals surface area contributed by atoms with Gasteiger partial charge >= 0.3 is 11.9 Å². The third-order valence-corrected chi connectivity index (χ3v) is 1.24. The molecule has 0 fully saturated rings. The summed E-state index contributed by atoms with van der Waals surface area (Å²) in [6.07, 6.45) is 1.23. The van der Waals surface area contributed by atoms with Gasteiger partial charge in [-0.3, -0.25) is 0 Å². The molecule has 0 aliphatic rings. The number of nitrogens with zero attached hydrogens (tertiary/aromatic N) is 1. The molecule has 0 saturated carbocycles. The minimum Gasteiger partial charge on any atom is -0.478 e. The average Bonchev–Trinajstić information content (AvgIpc) is 2.04. The molecular weight excluding hydrogens is 201 g/mol. The van der Waals surface area contributed by atoms with Crippen LogP contribution in [0.4, 0.5) is 0 Å². The molecule has 0 aliphatic heterocycles. The number of carboxylic acid groups (broad SMARTS) is 2. The fourth-order valence-electron chi connectivity index (χ4n) is 0.748.